The predicted molar refractivity (Wildman–Crippen MR) is 105 cm³/mol. The van der Waals surface area contributed by atoms with Crippen LogP contribution in [0.4, 0.5) is 24.5 Å². The van der Waals surface area contributed by atoms with E-state index in [-0.39, 0.29) is 22.3 Å². The molecule has 148 valence electrons. The molecule has 0 aliphatic rings. The number of anilines is 2. The summed E-state index contributed by atoms with van der Waals surface area (Å²) in [5, 5.41) is 12.8. The summed E-state index contributed by atoms with van der Waals surface area (Å²) in [6.45, 7) is 0. The van der Waals surface area contributed by atoms with Crippen LogP contribution in [0.1, 0.15) is 11.3 Å². The van der Waals surface area contributed by atoms with E-state index in [1.165, 1.54) is 18.5 Å². The molecule has 3 aromatic heterocycles. The second-order valence-corrected chi connectivity index (χ2v) is 6.26. The van der Waals surface area contributed by atoms with Gasteiger partial charge in [0.15, 0.2) is 0 Å². The lowest BCUT2D eigenvalue weighted by Crippen LogP contribution is -2.24. The Hall–Kier alpha value is -4.19. The third kappa shape index (κ3) is 3.35. The minimum Gasteiger partial charge on any atom is -0.354 e. The van der Waals surface area contributed by atoms with Gasteiger partial charge >= 0.3 is 6.18 Å². The molecule has 0 fully saturated rings. The van der Waals surface area contributed by atoms with Crippen LogP contribution in [0.3, 0.4) is 0 Å². The average Bonchev–Trinajstić information content (AvgIpc) is 2.74. The van der Waals surface area contributed by atoms with Crippen molar-refractivity contribution in [2.75, 3.05) is 5.32 Å². The molecule has 0 amide bonds. The Kier molecular flexibility index (Phi) is 4.68. The normalized spacial score (nSPS) is 11.3. The van der Waals surface area contributed by atoms with Gasteiger partial charge in [-0.05, 0) is 36.4 Å². The highest BCUT2D eigenvalue weighted by molar-refractivity contribution is 5.95. The van der Waals surface area contributed by atoms with Crippen LogP contribution in [0.5, 0.6) is 0 Å². The molecular formula is C21H12F3N5O. The maximum absolute atomic E-state index is 13.3. The molecule has 1 N–H and O–H groups in total. The summed E-state index contributed by atoms with van der Waals surface area (Å²) in [5.41, 5.74) is -1.48. The van der Waals surface area contributed by atoms with Crippen LogP contribution in [-0.2, 0) is 6.18 Å². The predicted octanol–water partition coefficient (Wildman–Crippen LogP) is 4.41. The number of pyridine rings is 3. The van der Waals surface area contributed by atoms with Crippen molar-refractivity contribution in [1.29, 1.82) is 5.26 Å². The SMILES string of the molecule is N#Cc1c(Nc2ccncc2)c2ccc(C(F)(F)F)nc2n(-c2ccccc2)c1=O. The maximum atomic E-state index is 13.3. The molecule has 0 unspecified atom stereocenters. The Bertz CT molecular complexity index is 1330. The Morgan fingerprint density at radius 1 is 1.00 bits per heavy atom. The van der Waals surface area contributed by atoms with E-state index in [0.717, 1.165) is 10.6 Å². The highest BCUT2D eigenvalue weighted by Gasteiger charge is 2.33. The molecule has 30 heavy (non-hydrogen) atoms. The molecule has 0 bridgehead atoms. The van der Waals surface area contributed by atoms with E-state index in [1.54, 1.807) is 42.5 Å². The van der Waals surface area contributed by atoms with Gasteiger partial charge in [-0.15, -0.1) is 0 Å². The fraction of sp³-hybridized carbons (Fsp3) is 0.0476. The van der Waals surface area contributed by atoms with Crippen molar-refractivity contribution in [1.82, 2.24) is 14.5 Å². The summed E-state index contributed by atoms with van der Waals surface area (Å²) >= 11 is 0. The largest absolute Gasteiger partial charge is 0.433 e. The zero-order valence-corrected chi connectivity index (χ0v) is 15.2. The first-order chi connectivity index (χ1) is 14.4. The van der Waals surface area contributed by atoms with E-state index in [4.69, 9.17) is 0 Å². The fourth-order valence-electron chi connectivity index (χ4n) is 3.05. The topological polar surface area (TPSA) is 83.6 Å². The van der Waals surface area contributed by atoms with Gasteiger partial charge in [0.05, 0.1) is 11.4 Å². The molecule has 3 heterocycles. The van der Waals surface area contributed by atoms with Crippen LogP contribution in [0.25, 0.3) is 16.7 Å². The van der Waals surface area contributed by atoms with E-state index in [2.05, 4.69) is 15.3 Å². The van der Waals surface area contributed by atoms with Crippen molar-refractivity contribution in [3.8, 4) is 11.8 Å². The maximum Gasteiger partial charge on any atom is 0.433 e. The first kappa shape index (κ1) is 19.1. The Balaban J connectivity index is 2.11. The van der Waals surface area contributed by atoms with E-state index in [9.17, 15) is 23.2 Å². The summed E-state index contributed by atoms with van der Waals surface area (Å²) < 4.78 is 41.0. The van der Waals surface area contributed by atoms with Gasteiger partial charge < -0.3 is 5.32 Å². The lowest BCUT2D eigenvalue weighted by atomic mass is 10.1. The van der Waals surface area contributed by atoms with Crippen LogP contribution < -0.4 is 10.9 Å². The second-order valence-electron chi connectivity index (χ2n) is 6.26. The molecule has 0 atom stereocenters. The Morgan fingerprint density at radius 2 is 1.70 bits per heavy atom. The van der Waals surface area contributed by atoms with Crippen LogP contribution in [-0.4, -0.2) is 14.5 Å². The van der Waals surface area contributed by atoms with E-state index >= 15 is 0 Å². The number of para-hydroxylation sites is 1. The summed E-state index contributed by atoms with van der Waals surface area (Å²) in [7, 11) is 0. The highest BCUT2D eigenvalue weighted by Crippen LogP contribution is 2.33. The molecule has 4 rings (SSSR count). The number of aromatic nitrogens is 3. The summed E-state index contributed by atoms with van der Waals surface area (Å²) in [6, 6.07) is 15.2. The first-order valence-corrected chi connectivity index (χ1v) is 8.69. The average molecular weight is 407 g/mol. The van der Waals surface area contributed by atoms with E-state index in [1.807, 2.05) is 6.07 Å². The zero-order chi connectivity index (χ0) is 21.3. The number of nitrogens with one attached hydrogen (secondary N) is 1. The zero-order valence-electron chi connectivity index (χ0n) is 15.2. The Morgan fingerprint density at radius 3 is 2.33 bits per heavy atom. The number of halogens is 3. The van der Waals surface area contributed by atoms with E-state index in [0.29, 0.717) is 11.4 Å². The molecule has 4 aromatic rings. The smallest absolute Gasteiger partial charge is 0.354 e. The number of rotatable bonds is 3. The molecule has 0 saturated heterocycles. The lowest BCUT2D eigenvalue weighted by molar-refractivity contribution is -0.141. The standard InChI is InChI=1S/C21H12F3N5O/c22-21(23,24)17-7-6-15-18(27-13-8-10-26-11-9-13)16(12-25)20(30)29(19(15)28-17)14-4-2-1-3-5-14/h1-11H,(H,26,27). The number of hydrogen-bond donors (Lipinski definition) is 1. The molecule has 0 aliphatic heterocycles. The van der Waals surface area contributed by atoms with Crippen LogP contribution in [0.15, 0.2) is 71.8 Å². The molecule has 0 saturated carbocycles. The minimum atomic E-state index is -4.70. The molecule has 1 aromatic carbocycles. The van der Waals surface area contributed by atoms with Crippen molar-refractivity contribution >= 4 is 22.4 Å². The molecule has 0 aliphatic carbocycles. The van der Waals surface area contributed by atoms with Gasteiger partial charge in [0.25, 0.3) is 5.56 Å². The minimum absolute atomic E-state index is 0.0807. The summed E-state index contributed by atoms with van der Waals surface area (Å²) in [5.74, 6) is 0. The van der Waals surface area contributed by atoms with Gasteiger partial charge in [-0.3, -0.25) is 14.3 Å². The van der Waals surface area contributed by atoms with Crippen LogP contribution >= 0.6 is 0 Å². The van der Waals surface area contributed by atoms with Gasteiger partial charge in [0.1, 0.15) is 23.0 Å². The first-order valence-electron chi connectivity index (χ1n) is 8.69. The number of nitrogens with zero attached hydrogens (tertiary/aromatic N) is 4. The number of hydrogen-bond acceptors (Lipinski definition) is 5. The number of nitriles is 1. The lowest BCUT2D eigenvalue weighted by Gasteiger charge is -2.17. The van der Waals surface area contributed by atoms with Gasteiger partial charge in [-0.25, -0.2) is 4.98 Å². The van der Waals surface area contributed by atoms with Crippen LogP contribution in [0.2, 0.25) is 0 Å². The Labute approximate surface area is 167 Å². The molecule has 0 radical (unpaired) electrons. The molecule has 9 heteroatoms. The third-order valence-corrected chi connectivity index (χ3v) is 4.39. The molecule has 6 nitrogen and oxygen atoms in total. The van der Waals surface area contributed by atoms with Crippen LogP contribution in [0, 0.1) is 11.3 Å². The van der Waals surface area contributed by atoms with Crippen molar-refractivity contribution in [2.24, 2.45) is 0 Å². The fourth-order valence-corrected chi connectivity index (χ4v) is 3.05. The van der Waals surface area contributed by atoms with E-state index < -0.39 is 17.4 Å². The summed E-state index contributed by atoms with van der Waals surface area (Å²) in [6.07, 6.45) is -1.69. The molecular weight excluding hydrogens is 395 g/mol. The monoisotopic (exact) mass is 407 g/mol. The second kappa shape index (κ2) is 7.33. The van der Waals surface area contributed by atoms with Crippen molar-refractivity contribution in [2.45, 2.75) is 6.18 Å². The highest BCUT2D eigenvalue weighted by atomic mass is 19.4. The van der Waals surface area contributed by atoms with Crippen molar-refractivity contribution in [3.05, 3.63) is 88.6 Å². The number of benzene rings is 1. The van der Waals surface area contributed by atoms with Gasteiger partial charge in [0.2, 0.25) is 0 Å². The number of alkyl halides is 3. The van der Waals surface area contributed by atoms with Gasteiger partial charge in [0, 0.05) is 23.5 Å². The molecule has 0 spiro atoms. The van der Waals surface area contributed by atoms with Gasteiger partial charge in [-0.2, -0.15) is 18.4 Å². The summed E-state index contributed by atoms with van der Waals surface area (Å²) in [4.78, 5) is 20.8. The van der Waals surface area contributed by atoms with Gasteiger partial charge in [-0.1, -0.05) is 18.2 Å². The van der Waals surface area contributed by atoms with Crippen molar-refractivity contribution in [3.63, 3.8) is 0 Å². The quantitative estimate of drug-likeness (QED) is 0.544. The third-order valence-electron chi connectivity index (χ3n) is 4.39. The number of fused-ring (bicyclic) bond motifs is 1. The van der Waals surface area contributed by atoms with Crippen molar-refractivity contribution < 1.29 is 13.2 Å².